The number of aliphatic hydroxyl groups excluding tert-OH is 1. The minimum absolute atomic E-state index is 0.0781. The number of carbonyl (C=O) groups excluding carboxylic acids is 2. The molecule has 0 spiro atoms. The first-order valence-electron chi connectivity index (χ1n) is 14.2. The van der Waals surface area contributed by atoms with E-state index in [0.717, 1.165) is 54.1 Å². The summed E-state index contributed by atoms with van der Waals surface area (Å²) in [4.78, 5) is 33.9. The summed E-state index contributed by atoms with van der Waals surface area (Å²) in [6.07, 6.45) is 3.13. The first-order chi connectivity index (χ1) is 19.4. The summed E-state index contributed by atoms with van der Waals surface area (Å²) < 4.78 is 5.95. The van der Waals surface area contributed by atoms with Crippen molar-refractivity contribution in [1.29, 1.82) is 0 Å². The molecule has 0 saturated carbocycles. The van der Waals surface area contributed by atoms with Gasteiger partial charge in [0.2, 0.25) is 0 Å². The molecule has 40 heavy (non-hydrogen) atoms. The molecule has 3 N–H and O–H groups in total. The maximum absolute atomic E-state index is 13.8. The summed E-state index contributed by atoms with van der Waals surface area (Å²) >= 11 is 1.54. The molecule has 1 saturated heterocycles. The number of nitrogens with zero attached hydrogens (tertiary/aromatic N) is 2. The van der Waals surface area contributed by atoms with Gasteiger partial charge in [0.15, 0.2) is 0 Å². The smallest absolute Gasteiger partial charge is 0.254 e. The van der Waals surface area contributed by atoms with Gasteiger partial charge in [-0.05, 0) is 70.2 Å². The van der Waals surface area contributed by atoms with E-state index in [4.69, 9.17) is 4.74 Å². The van der Waals surface area contributed by atoms with Gasteiger partial charge in [-0.1, -0.05) is 30.3 Å². The van der Waals surface area contributed by atoms with Crippen molar-refractivity contribution in [2.45, 2.75) is 70.7 Å². The molecule has 0 unspecified atom stereocenters. The highest BCUT2D eigenvalue weighted by atomic mass is 32.1. The van der Waals surface area contributed by atoms with Crippen LogP contribution in [0.4, 0.5) is 0 Å². The summed E-state index contributed by atoms with van der Waals surface area (Å²) in [7, 11) is 0. The molecule has 2 amide bonds. The average molecular weight is 563 g/mol. The van der Waals surface area contributed by atoms with Gasteiger partial charge in [-0.25, -0.2) is 4.98 Å². The number of aromatic nitrogens is 1. The Hall–Kier alpha value is -3.27. The fraction of sp³-hybridized carbons (Fsp3) is 0.452. The van der Waals surface area contributed by atoms with Gasteiger partial charge in [0.05, 0.1) is 25.3 Å². The Labute approximate surface area is 239 Å². The predicted molar refractivity (Wildman–Crippen MR) is 156 cm³/mol. The minimum atomic E-state index is -0.751. The molecule has 2 aliphatic rings. The van der Waals surface area contributed by atoms with Crippen LogP contribution < -0.4 is 15.4 Å². The number of thiazole rings is 1. The lowest BCUT2D eigenvalue weighted by molar-refractivity contribution is 0.0736. The fourth-order valence-corrected chi connectivity index (χ4v) is 6.37. The molecule has 0 radical (unpaired) electrons. The normalized spacial score (nSPS) is 17.9. The van der Waals surface area contributed by atoms with E-state index < -0.39 is 12.1 Å². The van der Waals surface area contributed by atoms with E-state index in [9.17, 15) is 14.7 Å². The molecule has 0 bridgehead atoms. The Balaban J connectivity index is 1.42. The molecule has 8 nitrogen and oxygen atoms in total. The van der Waals surface area contributed by atoms with Gasteiger partial charge in [-0.2, -0.15) is 0 Å². The van der Waals surface area contributed by atoms with Gasteiger partial charge < -0.3 is 25.4 Å². The summed E-state index contributed by atoms with van der Waals surface area (Å²) in [5.41, 5.74) is 3.67. The molecule has 3 heterocycles. The van der Waals surface area contributed by atoms with E-state index in [1.54, 1.807) is 28.4 Å². The molecule has 1 fully saturated rings. The van der Waals surface area contributed by atoms with Crippen LogP contribution in [0, 0.1) is 6.92 Å². The number of benzene rings is 2. The number of aliphatic hydroxyl groups is 1. The first kappa shape index (κ1) is 28.3. The predicted octanol–water partition coefficient (Wildman–Crippen LogP) is 3.89. The Bertz CT molecular complexity index is 1320. The summed E-state index contributed by atoms with van der Waals surface area (Å²) in [5.74, 6) is 0.117. The quantitative estimate of drug-likeness (QED) is 0.346. The lowest BCUT2D eigenvalue weighted by Crippen LogP contribution is -2.52. The van der Waals surface area contributed by atoms with Crippen LogP contribution in [-0.4, -0.2) is 64.7 Å². The largest absolute Gasteiger partial charge is 0.493 e. The summed E-state index contributed by atoms with van der Waals surface area (Å²) in [5, 5.41) is 20.6. The Morgan fingerprint density at radius 1 is 1.25 bits per heavy atom. The van der Waals surface area contributed by atoms with Gasteiger partial charge in [0.25, 0.3) is 11.8 Å². The highest BCUT2D eigenvalue weighted by Crippen LogP contribution is 2.31. The number of aryl methyl sites for hydroxylation is 1. The number of rotatable bonds is 10. The molecule has 2 aliphatic heterocycles. The van der Waals surface area contributed by atoms with E-state index in [1.165, 1.54) is 0 Å². The van der Waals surface area contributed by atoms with Crippen LogP contribution in [0.3, 0.4) is 0 Å². The van der Waals surface area contributed by atoms with Crippen LogP contribution in [0.1, 0.15) is 68.7 Å². The van der Waals surface area contributed by atoms with E-state index in [0.29, 0.717) is 43.0 Å². The van der Waals surface area contributed by atoms with Crippen molar-refractivity contribution in [2.75, 3.05) is 19.7 Å². The molecule has 2 aromatic carbocycles. The molecule has 0 aliphatic carbocycles. The van der Waals surface area contributed by atoms with Crippen molar-refractivity contribution < 1.29 is 19.4 Å². The number of hydrogen-bond donors (Lipinski definition) is 3. The van der Waals surface area contributed by atoms with Crippen LogP contribution in [0.5, 0.6) is 5.75 Å². The molecule has 1 aromatic heterocycles. The van der Waals surface area contributed by atoms with Crippen LogP contribution >= 0.6 is 11.3 Å². The SMILES string of the molecule is CCN(Cc1nc(C)cs1)C(=O)c1cc(C(=O)N[C@@H](Cc2ccccc2)[C@H](O)[C@H]2CCCN2)cc2c1CCCO2. The highest BCUT2D eigenvalue weighted by Gasteiger charge is 2.32. The Kier molecular flexibility index (Phi) is 9.14. The topological polar surface area (TPSA) is 104 Å². The van der Waals surface area contributed by atoms with Crippen molar-refractivity contribution in [3.8, 4) is 5.75 Å². The maximum Gasteiger partial charge on any atom is 0.254 e. The molecular formula is C31H38N4O4S. The van der Waals surface area contributed by atoms with E-state index in [1.807, 2.05) is 49.6 Å². The van der Waals surface area contributed by atoms with Crippen LogP contribution in [0.25, 0.3) is 0 Å². The third kappa shape index (κ3) is 6.54. The lowest BCUT2D eigenvalue weighted by Gasteiger charge is -2.29. The van der Waals surface area contributed by atoms with Gasteiger partial charge in [0.1, 0.15) is 10.8 Å². The number of nitrogens with one attached hydrogen (secondary N) is 2. The lowest BCUT2D eigenvalue weighted by atomic mass is 9.93. The number of ether oxygens (including phenoxy) is 1. The fourth-order valence-electron chi connectivity index (χ4n) is 5.58. The first-order valence-corrected chi connectivity index (χ1v) is 15.1. The number of amides is 2. The van der Waals surface area contributed by atoms with Gasteiger partial charge >= 0.3 is 0 Å². The second kappa shape index (κ2) is 12.9. The molecule has 9 heteroatoms. The standard InChI is InChI=1S/C31H38N4O4S/c1-3-35(18-28-33-20(2)19-40-28)31(38)24-16-22(17-27-23(24)11-8-14-39-27)30(37)34-26(15-21-9-5-4-6-10-21)29(36)25-12-7-13-32-25/h4-6,9-10,16-17,19,25-26,29,32,36H,3,7-8,11-15,18H2,1-2H3,(H,34,37)/t25-,26+,29-/m1/s1. The van der Waals surface area contributed by atoms with Crippen LogP contribution in [0.15, 0.2) is 47.8 Å². The van der Waals surface area contributed by atoms with E-state index in [2.05, 4.69) is 15.6 Å². The molecule has 3 atom stereocenters. The van der Waals surface area contributed by atoms with Gasteiger partial charge in [0, 0.05) is 40.4 Å². The number of hydrogen-bond acceptors (Lipinski definition) is 7. The number of carbonyl (C=O) groups is 2. The van der Waals surface area contributed by atoms with Crippen LogP contribution in [0.2, 0.25) is 0 Å². The molecule has 212 valence electrons. The monoisotopic (exact) mass is 562 g/mol. The number of fused-ring (bicyclic) bond motifs is 1. The maximum atomic E-state index is 13.8. The van der Waals surface area contributed by atoms with E-state index >= 15 is 0 Å². The highest BCUT2D eigenvalue weighted by molar-refractivity contribution is 7.09. The average Bonchev–Trinajstić information content (AvgIpc) is 3.67. The third-order valence-corrected chi connectivity index (χ3v) is 8.68. The molecular weight excluding hydrogens is 524 g/mol. The van der Waals surface area contributed by atoms with Gasteiger partial charge in [-0.15, -0.1) is 11.3 Å². The van der Waals surface area contributed by atoms with Crippen molar-refractivity contribution >= 4 is 23.2 Å². The van der Waals surface area contributed by atoms with Crippen molar-refractivity contribution in [1.82, 2.24) is 20.5 Å². The van der Waals surface area contributed by atoms with Crippen molar-refractivity contribution in [3.63, 3.8) is 0 Å². The minimum Gasteiger partial charge on any atom is -0.493 e. The Morgan fingerprint density at radius 2 is 2.08 bits per heavy atom. The molecule has 3 aromatic rings. The summed E-state index contributed by atoms with van der Waals surface area (Å²) in [6, 6.07) is 12.7. The molecule has 5 rings (SSSR count). The zero-order chi connectivity index (χ0) is 28.1. The third-order valence-electron chi connectivity index (χ3n) is 7.73. The zero-order valence-electron chi connectivity index (χ0n) is 23.2. The Morgan fingerprint density at radius 3 is 2.77 bits per heavy atom. The van der Waals surface area contributed by atoms with Gasteiger partial charge in [-0.3, -0.25) is 9.59 Å². The van der Waals surface area contributed by atoms with Crippen LogP contribution in [-0.2, 0) is 19.4 Å². The van der Waals surface area contributed by atoms with E-state index in [-0.39, 0.29) is 17.9 Å². The zero-order valence-corrected chi connectivity index (χ0v) is 24.0. The van der Waals surface area contributed by atoms with Crippen molar-refractivity contribution in [3.05, 3.63) is 80.8 Å². The second-order valence-electron chi connectivity index (χ2n) is 10.6. The summed E-state index contributed by atoms with van der Waals surface area (Å²) in [6.45, 7) is 6.23. The second-order valence-corrected chi connectivity index (χ2v) is 11.6. The van der Waals surface area contributed by atoms with Crippen molar-refractivity contribution in [2.24, 2.45) is 0 Å².